The van der Waals surface area contributed by atoms with Gasteiger partial charge in [0.05, 0.1) is 10.6 Å². The number of Topliss-reactive ketones (excluding diaryl/α,β-unsaturated/α-hetero) is 1. The van der Waals surface area contributed by atoms with E-state index < -0.39 is 0 Å². The van der Waals surface area contributed by atoms with Crippen LogP contribution in [0.3, 0.4) is 0 Å². The van der Waals surface area contributed by atoms with E-state index in [0.717, 1.165) is 34.2 Å². The molecule has 0 saturated carbocycles. The van der Waals surface area contributed by atoms with Crippen LogP contribution in [-0.4, -0.2) is 10.8 Å². The first-order valence-electron chi connectivity index (χ1n) is 6.85. The minimum atomic E-state index is 0.0814. The minimum Gasteiger partial charge on any atom is -0.486 e. The Morgan fingerprint density at radius 3 is 2.40 bits per heavy atom. The van der Waals surface area contributed by atoms with Crippen molar-refractivity contribution in [3.05, 3.63) is 45.4 Å². The molecule has 2 aromatic rings. The monoisotopic (exact) mass is 289 g/mol. The fourth-order valence-corrected chi connectivity index (χ4v) is 2.90. The maximum Gasteiger partial charge on any atom is 0.171 e. The molecule has 106 valence electrons. The lowest BCUT2D eigenvalue weighted by Crippen LogP contribution is -1.96. The van der Waals surface area contributed by atoms with Gasteiger partial charge in [0, 0.05) is 6.92 Å². The second-order valence-corrected chi connectivity index (χ2v) is 5.66. The molecule has 0 aliphatic heterocycles. The Morgan fingerprint density at radius 1 is 1.20 bits per heavy atom. The molecule has 4 heteroatoms. The molecule has 0 N–H and O–H groups in total. The van der Waals surface area contributed by atoms with Crippen molar-refractivity contribution in [2.75, 3.05) is 0 Å². The maximum absolute atomic E-state index is 11.5. The average molecular weight is 289 g/mol. The Balaban J connectivity index is 2.04. The zero-order chi connectivity index (χ0) is 14.5. The number of ketones is 1. The number of nitrogens with zero attached hydrogens (tertiary/aromatic N) is 1. The van der Waals surface area contributed by atoms with Gasteiger partial charge in [0.1, 0.15) is 17.4 Å². The quantitative estimate of drug-likeness (QED) is 0.753. The molecule has 0 unspecified atom stereocenters. The van der Waals surface area contributed by atoms with Crippen molar-refractivity contribution >= 4 is 17.1 Å². The summed E-state index contributed by atoms with van der Waals surface area (Å²) in [6.45, 7) is 6.13. The summed E-state index contributed by atoms with van der Waals surface area (Å²) in [5.41, 5.74) is 2.17. The van der Waals surface area contributed by atoms with Crippen LogP contribution in [0.1, 0.15) is 46.7 Å². The van der Waals surface area contributed by atoms with Gasteiger partial charge in [-0.1, -0.05) is 26.0 Å². The predicted molar refractivity (Wildman–Crippen MR) is 81.6 cm³/mol. The number of aromatic nitrogens is 1. The summed E-state index contributed by atoms with van der Waals surface area (Å²) in [5.74, 6) is 0.915. The molecule has 20 heavy (non-hydrogen) atoms. The average Bonchev–Trinajstić information content (AvgIpc) is 2.89. The first-order chi connectivity index (χ1) is 9.63. The molecule has 2 rings (SSSR count). The Hall–Kier alpha value is -1.68. The van der Waals surface area contributed by atoms with E-state index in [1.807, 2.05) is 19.1 Å². The van der Waals surface area contributed by atoms with Crippen molar-refractivity contribution in [1.82, 2.24) is 4.98 Å². The molecule has 0 saturated heterocycles. The van der Waals surface area contributed by atoms with Crippen molar-refractivity contribution in [3.8, 4) is 5.75 Å². The normalized spacial score (nSPS) is 10.6. The van der Waals surface area contributed by atoms with Gasteiger partial charge in [-0.3, -0.25) is 4.79 Å². The topological polar surface area (TPSA) is 39.2 Å². The van der Waals surface area contributed by atoms with Crippen molar-refractivity contribution in [1.29, 1.82) is 0 Å². The molecule has 0 atom stereocenters. The summed E-state index contributed by atoms with van der Waals surface area (Å²) in [5, 5.41) is 0.853. The van der Waals surface area contributed by atoms with E-state index in [0.29, 0.717) is 6.61 Å². The van der Waals surface area contributed by atoms with Crippen LogP contribution in [0.25, 0.3) is 0 Å². The molecule has 0 radical (unpaired) electrons. The summed E-state index contributed by atoms with van der Waals surface area (Å²) in [7, 11) is 0. The number of carbonyl (C=O) groups is 1. The molecule has 1 heterocycles. The van der Waals surface area contributed by atoms with Crippen LogP contribution < -0.4 is 4.74 Å². The van der Waals surface area contributed by atoms with Crippen LogP contribution >= 0.6 is 11.3 Å². The highest BCUT2D eigenvalue weighted by atomic mass is 32.1. The molecule has 1 aromatic heterocycles. The van der Waals surface area contributed by atoms with Gasteiger partial charge in [-0.05, 0) is 30.5 Å². The van der Waals surface area contributed by atoms with E-state index in [1.54, 1.807) is 6.92 Å². The first kappa shape index (κ1) is 14.7. The van der Waals surface area contributed by atoms with Crippen LogP contribution in [0.4, 0.5) is 0 Å². The predicted octanol–water partition coefficient (Wildman–Crippen LogP) is 4.05. The first-order valence-corrected chi connectivity index (χ1v) is 7.67. The van der Waals surface area contributed by atoms with Crippen molar-refractivity contribution in [3.63, 3.8) is 0 Å². The number of hydrogen-bond donors (Lipinski definition) is 0. The number of hydrogen-bond acceptors (Lipinski definition) is 4. The van der Waals surface area contributed by atoms with E-state index >= 15 is 0 Å². The second-order valence-electron chi connectivity index (χ2n) is 4.58. The van der Waals surface area contributed by atoms with Crippen LogP contribution in [-0.2, 0) is 19.4 Å². The lowest BCUT2D eigenvalue weighted by molar-refractivity contribution is 0.102. The lowest BCUT2D eigenvalue weighted by atomic mass is 10.2. The Bertz CT molecular complexity index is 587. The molecule has 0 spiro atoms. The van der Waals surface area contributed by atoms with E-state index in [-0.39, 0.29) is 5.78 Å². The highest BCUT2D eigenvalue weighted by molar-refractivity contribution is 7.13. The van der Waals surface area contributed by atoms with E-state index in [4.69, 9.17) is 4.74 Å². The highest BCUT2D eigenvalue weighted by Crippen LogP contribution is 2.22. The molecular formula is C16H19NO2S. The van der Waals surface area contributed by atoms with Crippen LogP contribution in [0, 0.1) is 0 Å². The fourth-order valence-electron chi connectivity index (χ4n) is 1.94. The van der Waals surface area contributed by atoms with Crippen LogP contribution in [0.15, 0.2) is 24.3 Å². The molecule has 0 amide bonds. The summed E-state index contributed by atoms with van der Waals surface area (Å²) in [6, 6.07) is 8.07. The van der Waals surface area contributed by atoms with Crippen molar-refractivity contribution in [2.24, 2.45) is 0 Å². The summed E-state index contributed by atoms with van der Waals surface area (Å²) in [6.07, 6.45) is 1.80. The smallest absolute Gasteiger partial charge is 0.171 e. The molecule has 1 aromatic carbocycles. The number of ether oxygens (including phenoxy) is 1. The number of benzene rings is 1. The number of thiazole rings is 1. The van der Waals surface area contributed by atoms with Crippen LogP contribution in [0.5, 0.6) is 5.75 Å². The molecular weight excluding hydrogens is 270 g/mol. The SMILES string of the molecule is CCc1ccc(OCc2nc(CC)c(C(C)=O)s2)cc1. The third-order valence-corrected chi connectivity index (χ3v) is 4.26. The second kappa shape index (κ2) is 6.66. The van der Waals surface area contributed by atoms with E-state index in [9.17, 15) is 4.79 Å². The highest BCUT2D eigenvalue weighted by Gasteiger charge is 2.13. The third kappa shape index (κ3) is 3.45. The number of carbonyl (C=O) groups excluding carboxylic acids is 1. The molecule has 0 aliphatic rings. The largest absolute Gasteiger partial charge is 0.486 e. The molecule has 0 fully saturated rings. The van der Waals surface area contributed by atoms with Gasteiger partial charge in [-0.15, -0.1) is 11.3 Å². The summed E-state index contributed by atoms with van der Waals surface area (Å²) >= 11 is 1.43. The van der Waals surface area contributed by atoms with Gasteiger partial charge in [0.2, 0.25) is 0 Å². The number of aryl methyl sites for hydroxylation is 2. The Kier molecular flexibility index (Phi) is 4.90. The van der Waals surface area contributed by atoms with E-state index in [2.05, 4.69) is 24.0 Å². The van der Waals surface area contributed by atoms with Gasteiger partial charge in [0.15, 0.2) is 5.78 Å². The summed E-state index contributed by atoms with van der Waals surface area (Å²) < 4.78 is 5.72. The number of rotatable bonds is 6. The maximum atomic E-state index is 11.5. The van der Waals surface area contributed by atoms with Gasteiger partial charge in [0.25, 0.3) is 0 Å². The molecule has 0 aliphatic carbocycles. The van der Waals surface area contributed by atoms with Gasteiger partial charge >= 0.3 is 0 Å². The summed E-state index contributed by atoms with van der Waals surface area (Å²) in [4.78, 5) is 16.7. The fraction of sp³-hybridized carbons (Fsp3) is 0.375. The zero-order valence-electron chi connectivity index (χ0n) is 12.1. The van der Waals surface area contributed by atoms with Gasteiger partial charge < -0.3 is 4.74 Å². The van der Waals surface area contributed by atoms with Crippen LogP contribution in [0.2, 0.25) is 0 Å². The zero-order valence-corrected chi connectivity index (χ0v) is 12.9. The lowest BCUT2D eigenvalue weighted by Gasteiger charge is -2.04. The van der Waals surface area contributed by atoms with Gasteiger partial charge in [-0.2, -0.15) is 0 Å². The molecule has 3 nitrogen and oxygen atoms in total. The van der Waals surface area contributed by atoms with Crippen molar-refractivity contribution in [2.45, 2.75) is 40.2 Å². The van der Waals surface area contributed by atoms with Crippen molar-refractivity contribution < 1.29 is 9.53 Å². The van der Waals surface area contributed by atoms with E-state index in [1.165, 1.54) is 16.9 Å². The minimum absolute atomic E-state index is 0.0814. The molecule has 0 bridgehead atoms. The van der Waals surface area contributed by atoms with Gasteiger partial charge in [-0.25, -0.2) is 4.98 Å². The third-order valence-electron chi connectivity index (χ3n) is 3.09. The Labute approximate surface area is 123 Å². The Morgan fingerprint density at radius 2 is 1.90 bits per heavy atom. The standard InChI is InChI=1S/C16H19NO2S/c1-4-12-6-8-13(9-7-12)19-10-15-17-14(5-2)16(20-15)11(3)18/h6-9H,4-5,10H2,1-3H3.